The summed E-state index contributed by atoms with van der Waals surface area (Å²) in [7, 11) is 4.42. The van der Waals surface area contributed by atoms with Gasteiger partial charge in [-0.1, -0.05) is 12.1 Å². The largest absolute Gasteiger partial charge is 0.494 e. The van der Waals surface area contributed by atoms with E-state index in [1.165, 1.54) is 38.2 Å². The number of Topliss-reactive ketones (excluding diaryl/α,β-unsaturated/α-hetero) is 1. The van der Waals surface area contributed by atoms with Crippen molar-refractivity contribution < 1.29 is 23.5 Å². The normalized spacial score (nSPS) is 14.6. The Kier molecular flexibility index (Phi) is 7.37. The molecule has 0 radical (unpaired) electrons. The number of ketones is 1. The maximum atomic E-state index is 13.5. The Hall–Kier alpha value is -3.44. The van der Waals surface area contributed by atoms with Crippen LogP contribution >= 0.6 is 11.5 Å². The molecule has 1 saturated heterocycles. The Morgan fingerprint density at radius 1 is 1.09 bits per heavy atom. The number of carbonyl (C=O) groups excluding carboxylic acids is 3. The fourth-order valence-corrected chi connectivity index (χ4v) is 4.69. The lowest BCUT2D eigenvalue weighted by atomic mass is 10.2. The number of ether oxygens (including phenoxy) is 1. The number of benzene rings is 1. The van der Waals surface area contributed by atoms with Crippen LogP contribution in [0.5, 0.6) is 5.75 Å². The molecule has 0 spiro atoms. The highest BCUT2D eigenvalue weighted by molar-refractivity contribution is 7.13. The first-order valence-electron chi connectivity index (χ1n) is 11.1. The van der Waals surface area contributed by atoms with E-state index in [0.717, 1.165) is 30.1 Å². The van der Waals surface area contributed by atoms with Crippen molar-refractivity contribution in [3.8, 4) is 5.75 Å². The standard InChI is InChI=1S/C24H26FN5O4S/c1-28(2)24(33)22(31)21-20-18(35-27-21)13-17(34-3)19(26-20)23(32)30-10-4-9-29(11-12-30)14-15-5-7-16(25)8-6-15/h5-8,13H,4,9-12,14H2,1-3H3. The lowest BCUT2D eigenvalue weighted by Gasteiger charge is -2.22. The van der Waals surface area contributed by atoms with Gasteiger partial charge in [-0.2, -0.15) is 4.37 Å². The molecule has 3 heterocycles. The van der Waals surface area contributed by atoms with Crippen molar-refractivity contribution in [1.82, 2.24) is 24.1 Å². The summed E-state index contributed by atoms with van der Waals surface area (Å²) in [6.45, 7) is 3.13. The van der Waals surface area contributed by atoms with Crippen LogP contribution in [0.15, 0.2) is 30.3 Å². The molecule has 1 aliphatic heterocycles. The Morgan fingerprint density at radius 2 is 1.83 bits per heavy atom. The van der Waals surface area contributed by atoms with Crippen molar-refractivity contribution in [2.75, 3.05) is 47.4 Å². The molecule has 184 valence electrons. The molecule has 0 bridgehead atoms. The maximum Gasteiger partial charge on any atom is 0.296 e. The van der Waals surface area contributed by atoms with Crippen LogP contribution in [0.2, 0.25) is 0 Å². The Balaban J connectivity index is 1.55. The lowest BCUT2D eigenvalue weighted by Crippen LogP contribution is -2.35. The number of pyridine rings is 1. The number of hydrogen-bond acceptors (Lipinski definition) is 8. The number of amides is 2. The second kappa shape index (κ2) is 10.4. The molecule has 2 aromatic heterocycles. The molecule has 3 aromatic rings. The summed E-state index contributed by atoms with van der Waals surface area (Å²) >= 11 is 1.02. The monoisotopic (exact) mass is 499 g/mol. The van der Waals surface area contributed by atoms with Crippen molar-refractivity contribution in [3.63, 3.8) is 0 Å². The number of rotatable bonds is 6. The molecule has 11 heteroatoms. The molecule has 1 aliphatic rings. The molecule has 1 fully saturated rings. The Morgan fingerprint density at radius 3 is 2.51 bits per heavy atom. The fraction of sp³-hybridized carbons (Fsp3) is 0.375. The number of likely N-dealkylation sites (N-methyl/N-ethyl adjacent to an activating group) is 1. The first-order valence-corrected chi connectivity index (χ1v) is 11.9. The highest BCUT2D eigenvalue weighted by Crippen LogP contribution is 2.29. The van der Waals surface area contributed by atoms with Crippen LogP contribution in [0.4, 0.5) is 4.39 Å². The van der Waals surface area contributed by atoms with E-state index in [0.29, 0.717) is 30.9 Å². The molecule has 0 unspecified atom stereocenters. The van der Waals surface area contributed by atoms with Crippen LogP contribution in [0, 0.1) is 5.82 Å². The summed E-state index contributed by atoms with van der Waals surface area (Å²) in [5, 5.41) is 0. The van der Waals surface area contributed by atoms with E-state index in [1.807, 2.05) is 0 Å². The first-order chi connectivity index (χ1) is 16.8. The van der Waals surface area contributed by atoms with Crippen LogP contribution in [0.3, 0.4) is 0 Å². The van der Waals surface area contributed by atoms with E-state index in [-0.39, 0.29) is 34.4 Å². The van der Waals surface area contributed by atoms with E-state index in [4.69, 9.17) is 4.74 Å². The molecular formula is C24H26FN5O4S. The number of hydrogen-bond donors (Lipinski definition) is 0. The molecule has 35 heavy (non-hydrogen) atoms. The van der Waals surface area contributed by atoms with Gasteiger partial charge >= 0.3 is 0 Å². The fourth-order valence-electron chi connectivity index (χ4n) is 3.95. The van der Waals surface area contributed by atoms with Crippen molar-refractivity contribution in [2.24, 2.45) is 0 Å². The van der Waals surface area contributed by atoms with Gasteiger partial charge in [0.15, 0.2) is 17.1 Å². The third kappa shape index (κ3) is 5.30. The van der Waals surface area contributed by atoms with E-state index in [9.17, 15) is 18.8 Å². The van der Waals surface area contributed by atoms with Gasteiger partial charge in [-0.05, 0) is 35.6 Å². The number of carbonyl (C=O) groups is 3. The van der Waals surface area contributed by atoms with Crippen LogP contribution in [-0.4, -0.2) is 89.0 Å². The van der Waals surface area contributed by atoms with Gasteiger partial charge in [-0.25, -0.2) is 9.37 Å². The zero-order chi connectivity index (χ0) is 25.1. The summed E-state index contributed by atoms with van der Waals surface area (Å²) < 4.78 is 23.3. The van der Waals surface area contributed by atoms with Gasteiger partial charge in [0, 0.05) is 52.9 Å². The Labute approximate surface area is 206 Å². The predicted octanol–water partition coefficient (Wildman–Crippen LogP) is 2.46. The number of methoxy groups -OCH3 is 1. The van der Waals surface area contributed by atoms with Crippen LogP contribution < -0.4 is 4.74 Å². The molecule has 2 amide bonds. The summed E-state index contributed by atoms with van der Waals surface area (Å²) in [4.78, 5) is 47.8. The number of halogens is 1. The second-order valence-electron chi connectivity index (χ2n) is 8.49. The topological polar surface area (TPSA) is 95.9 Å². The quantitative estimate of drug-likeness (QED) is 0.380. The highest BCUT2D eigenvalue weighted by atomic mass is 32.1. The Bertz CT molecular complexity index is 1260. The number of aromatic nitrogens is 2. The zero-order valence-electron chi connectivity index (χ0n) is 19.8. The second-order valence-corrected chi connectivity index (χ2v) is 9.30. The summed E-state index contributed by atoms with van der Waals surface area (Å²) in [5.74, 6) is -1.77. The summed E-state index contributed by atoms with van der Waals surface area (Å²) in [6.07, 6.45) is 0.762. The van der Waals surface area contributed by atoms with Gasteiger partial charge in [0.1, 0.15) is 11.3 Å². The molecule has 0 saturated carbocycles. The van der Waals surface area contributed by atoms with E-state index in [1.54, 1.807) is 23.1 Å². The van der Waals surface area contributed by atoms with Gasteiger partial charge in [0.2, 0.25) is 0 Å². The summed E-state index contributed by atoms with van der Waals surface area (Å²) in [6, 6.07) is 8.05. The van der Waals surface area contributed by atoms with E-state index in [2.05, 4.69) is 14.3 Å². The van der Waals surface area contributed by atoms with Gasteiger partial charge in [-0.3, -0.25) is 19.3 Å². The molecule has 0 aliphatic carbocycles. The van der Waals surface area contributed by atoms with Gasteiger partial charge in [0.25, 0.3) is 17.6 Å². The van der Waals surface area contributed by atoms with Gasteiger partial charge < -0.3 is 14.5 Å². The van der Waals surface area contributed by atoms with Gasteiger partial charge in [-0.15, -0.1) is 0 Å². The number of fused-ring (bicyclic) bond motifs is 1. The predicted molar refractivity (Wildman–Crippen MR) is 129 cm³/mol. The van der Waals surface area contributed by atoms with Gasteiger partial charge in [0.05, 0.1) is 11.8 Å². The van der Waals surface area contributed by atoms with E-state index >= 15 is 0 Å². The molecule has 1 aromatic carbocycles. The average molecular weight is 500 g/mol. The maximum absolute atomic E-state index is 13.5. The van der Waals surface area contributed by atoms with Crippen LogP contribution in [0.1, 0.15) is 33.0 Å². The SMILES string of the molecule is COc1cc2snc(C(=O)C(=O)N(C)C)c2nc1C(=O)N1CCCN(Cc2ccc(F)cc2)CC1. The molecular weight excluding hydrogens is 473 g/mol. The molecule has 9 nitrogen and oxygen atoms in total. The van der Waals surface area contributed by atoms with Crippen molar-refractivity contribution in [3.05, 3.63) is 53.1 Å². The zero-order valence-corrected chi connectivity index (χ0v) is 20.6. The average Bonchev–Trinajstić information content (AvgIpc) is 3.13. The van der Waals surface area contributed by atoms with Crippen molar-refractivity contribution >= 4 is 39.3 Å². The lowest BCUT2D eigenvalue weighted by molar-refractivity contribution is -0.124. The van der Waals surface area contributed by atoms with Crippen LogP contribution in [-0.2, 0) is 11.3 Å². The molecule has 0 N–H and O–H groups in total. The molecule has 0 atom stereocenters. The van der Waals surface area contributed by atoms with Crippen LogP contribution in [0.25, 0.3) is 10.2 Å². The van der Waals surface area contributed by atoms with Crippen molar-refractivity contribution in [1.29, 1.82) is 0 Å². The smallest absolute Gasteiger partial charge is 0.296 e. The van der Waals surface area contributed by atoms with E-state index < -0.39 is 11.7 Å². The van der Waals surface area contributed by atoms with Crippen molar-refractivity contribution in [2.45, 2.75) is 13.0 Å². The third-order valence-corrected chi connectivity index (χ3v) is 6.63. The minimum absolute atomic E-state index is 0.0678. The minimum atomic E-state index is -0.775. The third-order valence-electron chi connectivity index (χ3n) is 5.85. The highest BCUT2D eigenvalue weighted by Gasteiger charge is 2.29. The number of nitrogens with zero attached hydrogens (tertiary/aromatic N) is 5. The minimum Gasteiger partial charge on any atom is -0.494 e. The molecule has 4 rings (SSSR count). The first kappa shape index (κ1) is 24.7. The summed E-state index contributed by atoms with van der Waals surface area (Å²) in [5.41, 5.74) is 1.24.